The molecule has 0 saturated heterocycles. The lowest BCUT2D eigenvalue weighted by molar-refractivity contribution is 0.0955. The van der Waals surface area contributed by atoms with Gasteiger partial charge in [0, 0.05) is 50.8 Å². The summed E-state index contributed by atoms with van der Waals surface area (Å²) in [7, 11) is 3.89. The first kappa shape index (κ1) is 17.4. The van der Waals surface area contributed by atoms with Crippen molar-refractivity contribution < 1.29 is 4.79 Å². The standard InChI is InChI=1S/C18H21N7O/c1-24(2)15-6-3-5-14(13-15)18(26)20-11-10-19-16-7-8-17(23-22-16)25-12-4-9-21-25/h3-9,12-13H,10-11H2,1-2H3,(H,19,22)(H,20,26). The van der Waals surface area contributed by atoms with E-state index in [1.54, 1.807) is 23.1 Å². The van der Waals surface area contributed by atoms with Crippen molar-refractivity contribution in [3.05, 3.63) is 60.4 Å². The molecule has 2 N–H and O–H groups in total. The zero-order valence-corrected chi connectivity index (χ0v) is 14.8. The lowest BCUT2D eigenvalue weighted by Crippen LogP contribution is -2.29. The summed E-state index contributed by atoms with van der Waals surface area (Å²) in [5.74, 6) is 1.19. The van der Waals surface area contributed by atoms with E-state index in [1.807, 2.05) is 55.4 Å². The predicted octanol–water partition coefficient (Wildman–Crippen LogP) is 1.57. The highest BCUT2D eigenvalue weighted by Crippen LogP contribution is 2.13. The van der Waals surface area contributed by atoms with Gasteiger partial charge in [0.25, 0.3) is 5.91 Å². The van der Waals surface area contributed by atoms with Gasteiger partial charge in [0.2, 0.25) is 0 Å². The van der Waals surface area contributed by atoms with Gasteiger partial charge in [-0.2, -0.15) is 5.10 Å². The fourth-order valence-electron chi connectivity index (χ4n) is 2.34. The lowest BCUT2D eigenvalue weighted by atomic mass is 10.2. The average Bonchev–Trinajstić information content (AvgIpc) is 3.20. The Kier molecular flexibility index (Phi) is 5.43. The largest absolute Gasteiger partial charge is 0.378 e. The van der Waals surface area contributed by atoms with Crippen LogP contribution in [0.15, 0.2) is 54.9 Å². The normalized spacial score (nSPS) is 10.4. The Labute approximate surface area is 151 Å². The third-order valence-electron chi connectivity index (χ3n) is 3.73. The summed E-state index contributed by atoms with van der Waals surface area (Å²) >= 11 is 0. The van der Waals surface area contributed by atoms with Crippen molar-refractivity contribution in [2.24, 2.45) is 0 Å². The molecule has 8 heteroatoms. The second kappa shape index (κ2) is 8.11. The zero-order valence-electron chi connectivity index (χ0n) is 14.8. The molecule has 0 radical (unpaired) electrons. The second-order valence-corrected chi connectivity index (χ2v) is 5.85. The van der Waals surface area contributed by atoms with Gasteiger partial charge < -0.3 is 15.5 Å². The smallest absolute Gasteiger partial charge is 0.251 e. The van der Waals surface area contributed by atoms with Crippen molar-refractivity contribution in [2.75, 3.05) is 37.4 Å². The van der Waals surface area contributed by atoms with E-state index in [-0.39, 0.29) is 5.91 Å². The molecule has 0 fully saturated rings. The Morgan fingerprint density at radius 1 is 1.12 bits per heavy atom. The maximum absolute atomic E-state index is 12.2. The fraction of sp³-hybridized carbons (Fsp3) is 0.222. The number of carbonyl (C=O) groups excluding carboxylic acids is 1. The van der Waals surface area contributed by atoms with Crippen LogP contribution >= 0.6 is 0 Å². The van der Waals surface area contributed by atoms with Gasteiger partial charge in [-0.3, -0.25) is 4.79 Å². The molecule has 0 aliphatic rings. The summed E-state index contributed by atoms with van der Waals surface area (Å²) in [4.78, 5) is 14.2. The summed E-state index contributed by atoms with van der Waals surface area (Å²) in [6.45, 7) is 1.03. The Morgan fingerprint density at radius 3 is 2.69 bits per heavy atom. The van der Waals surface area contributed by atoms with E-state index in [4.69, 9.17) is 0 Å². The predicted molar refractivity (Wildman–Crippen MR) is 101 cm³/mol. The lowest BCUT2D eigenvalue weighted by Gasteiger charge is -2.13. The van der Waals surface area contributed by atoms with E-state index < -0.39 is 0 Å². The van der Waals surface area contributed by atoms with Gasteiger partial charge in [-0.05, 0) is 36.4 Å². The fourth-order valence-corrected chi connectivity index (χ4v) is 2.34. The number of nitrogens with zero attached hydrogens (tertiary/aromatic N) is 5. The molecule has 0 saturated carbocycles. The van der Waals surface area contributed by atoms with E-state index in [9.17, 15) is 4.79 Å². The highest BCUT2D eigenvalue weighted by Gasteiger charge is 2.06. The Balaban J connectivity index is 1.46. The van der Waals surface area contributed by atoms with Crippen LogP contribution in [0.3, 0.4) is 0 Å². The van der Waals surface area contributed by atoms with Crippen molar-refractivity contribution >= 4 is 17.4 Å². The number of hydrogen-bond acceptors (Lipinski definition) is 6. The van der Waals surface area contributed by atoms with E-state index in [0.717, 1.165) is 5.69 Å². The Bertz CT molecular complexity index is 844. The molecular formula is C18H21N7O. The summed E-state index contributed by atoms with van der Waals surface area (Å²) in [5, 5.41) is 18.3. The van der Waals surface area contributed by atoms with Gasteiger partial charge in [-0.25, -0.2) is 4.68 Å². The van der Waals surface area contributed by atoms with E-state index in [2.05, 4.69) is 25.9 Å². The third-order valence-corrected chi connectivity index (χ3v) is 3.73. The van der Waals surface area contributed by atoms with Crippen molar-refractivity contribution in [3.8, 4) is 5.82 Å². The molecule has 0 atom stereocenters. The number of benzene rings is 1. The van der Waals surface area contributed by atoms with Gasteiger partial charge >= 0.3 is 0 Å². The van der Waals surface area contributed by atoms with Crippen molar-refractivity contribution in [1.29, 1.82) is 0 Å². The molecule has 0 spiro atoms. The molecule has 8 nitrogen and oxygen atoms in total. The summed E-state index contributed by atoms with van der Waals surface area (Å²) in [6, 6.07) is 13.0. The first-order chi connectivity index (χ1) is 12.6. The van der Waals surface area contributed by atoms with Crippen molar-refractivity contribution in [2.45, 2.75) is 0 Å². The van der Waals surface area contributed by atoms with Crippen LogP contribution in [0.4, 0.5) is 11.5 Å². The van der Waals surface area contributed by atoms with Crippen LogP contribution in [0.1, 0.15) is 10.4 Å². The maximum atomic E-state index is 12.2. The van der Waals surface area contributed by atoms with Gasteiger partial charge in [0.15, 0.2) is 5.82 Å². The maximum Gasteiger partial charge on any atom is 0.251 e. The molecule has 26 heavy (non-hydrogen) atoms. The number of anilines is 2. The molecule has 1 aromatic carbocycles. The van der Waals surface area contributed by atoms with Gasteiger partial charge in [-0.15, -0.1) is 10.2 Å². The topological polar surface area (TPSA) is 88.0 Å². The molecule has 0 bridgehead atoms. The van der Waals surface area contributed by atoms with E-state index in [0.29, 0.717) is 30.3 Å². The van der Waals surface area contributed by atoms with Crippen LogP contribution in [-0.4, -0.2) is 53.1 Å². The van der Waals surface area contributed by atoms with Crippen LogP contribution in [0.25, 0.3) is 5.82 Å². The molecule has 2 heterocycles. The zero-order chi connectivity index (χ0) is 18.4. The highest BCUT2D eigenvalue weighted by molar-refractivity contribution is 5.95. The van der Waals surface area contributed by atoms with Crippen LogP contribution in [0.2, 0.25) is 0 Å². The molecule has 0 aliphatic heterocycles. The van der Waals surface area contributed by atoms with E-state index in [1.165, 1.54) is 0 Å². The Morgan fingerprint density at radius 2 is 2.00 bits per heavy atom. The monoisotopic (exact) mass is 351 g/mol. The van der Waals surface area contributed by atoms with Crippen molar-refractivity contribution in [3.63, 3.8) is 0 Å². The minimum absolute atomic E-state index is 0.101. The number of aromatic nitrogens is 4. The molecule has 3 aromatic rings. The average molecular weight is 351 g/mol. The summed E-state index contributed by atoms with van der Waals surface area (Å²) in [6.07, 6.45) is 3.49. The first-order valence-corrected chi connectivity index (χ1v) is 8.27. The molecule has 1 amide bonds. The molecule has 0 unspecified atom stereocenters. The number of hydrogen-bond donors (Lipinski definition) is 2. The second-order valence-electron chi connectivity index (χ2n) is 5.85. The molecule has 0 aliphatic carbocycles. The SMILES string of the molecule is CN(C)c1cccc(C(=O)NCCNc2ccc(-n3cccn3)nn2)c1. The van der Waals surface area contributed by atoms with E-state index >= 15 is 0 Å². The number of nitrogens with one attached hydrogen (secondary N) is 2. The van der Waals surface area contributed by atoms with Crippen LogP contribution in [0, 0.1) is 0 Å². The first-order valence-electron chi connectivity index (χ1n) is 8.27. The third kappa shape index (κ3) is 4.35. The Hall–Kier alpha value is -3.42. The molecular weight excluding hydrogens is 330 g/mol. The highest BCUT2D eigenvalue weighted by atomic mass is 16.1. The number of rotatable bonds is 7. The van der Waals surface area contributed by atoms with Crippen LogP contribution < -0.4 is 15.5 Å². The summed E-state index contributed by atoms with van der Waals surface area (Å²) < 4.78 is 1.64. The number of carbonyl (C=O) groups is 1. The molecule has 3 rings (SSSR count). The van der Waals surface area contributed by atoms with Crippen LogP contribution in [-0.2, 0) is 0 Å². The molecule has 2 aromatic heterocycles. The summed E-state index contributed by atoms with van der Waals surface area (Å²) in [5.41, 5.74) is 1.63. The minimum atomic E-state index is -0.101. The quantitative estimate of drug-likeness (QED) is 0.628. The van der Waals surface area contributed by atoms with Gasteiger partial charge in [-0.1, -0.05) is 6.07 Å². The van der Waals surface area contributed by atoms with Crippen molar-refractivity contribution in [1.82, 2.24) is 25.3 Å². The minimum Gasteiger partial charge on any atom is -0.378 e. The molecule has 134 valence electrons. The van der Waals surface area contributed by atoms with Crippen LogP contribution in [0.5, 0.6) is 0 Å². The van der Waals surface area contributed by atoms with Gasteiger partial charge in [0.1, 0.15) is 5.82 Å². The van der Waals surface area contributed by atoms with Gasteiger partial charge in [0.05, 0.1) is 0 Å². The number of amides is 1.